The first-order valence-electron chi connectivity index (χ1n) is 7.98. The van der Waals surface area contributed by atoms with Crippen LogP contribution in [0.2, 0.25) is 0 Å². The van der Waals surface area contributed by atoms with Gasteiger partial charge < -0.3 is 0 Å². The molecule has 1 aliphatic rings. The van der Waals surface area contributed by atoms with Gasteiger partial charge in [-0.3, -0.25) is 0 Å². The van der Waals surface area contributed by atoms with E-state index in [1.807, 2.05) is 30.3 Å². The third-order valence-electron chi connectivity index (χ3n) is 4.43. The smallest absolute Gasteiger partial charge is 0.214 e. The van der Waals surface area contributed by atoms with Gasteiger partial charge in [0.15, 0.2) is 0 Å². The van der Waals surface area contributed by atoms with Crippen molar-refractivity contribution in [1.82, 2.24) is 0 Å². The average Bonchev–Trinajstić information content (AvgIpc) is 3.05. The predicted molar refractivity (Wildman–Crippen MR) is 97.9 cm³/mol. The molecule has 0 aliphatic heterocycles. The maximum Gasteiger partial charge on any atom is 2.00 e. The molecule has 0 heterocycles. The van der Waals surface area contributed by atoms with Crippen LogP contribution in [0.1, 0.15) is 11.1 Å². The molecule has 0 fully saturated rings. The van der Waals surface area contributed by atoms with Crippen LogP contribution in [0.15, 0.2) is 109 Å². The van der Waals surface area contributed by atoms with Crippen molar-refractivity contribution in [3.8, 4) is 0 Å². The molecule has 0 amide bonds. The molecule has 0 N–H and O–H groups in total. The Balaban J connectivity index is 0.000000245. The molecule has 0 nitrogen and oxygen atoms in total. The minimum Gasteiger partial charge on any atom is -0.214 e. The van der Waals surface area contributed by atoms with E-state index in [1.165, 1.54) is 21.9 Å². The molecule has 4 aromatic rings. The minimum atomic E-state index is 0. The van der Waals surface area contributed by atoms with Crippen LogP contribution in [0.4, 0.5) is 0 Å². The summed E-state index contributed by atoms with van der Waals surface area (Å²) in [6, 6.07) is 33.8. The summed E-state index contributed by atoms with van der Waals surface area (Å²) in [4.78, 5) is 0. The van der Waals surface area contributed by atoms with Crippen molar-refractivity contribution in [2.24, 2.45) is 0 Å². The monoisotopic (exact) mass is 350 g/mol. The summed E-state index contributed by atoms with van der Waals surface area (Å²) in [6.45, 7) is 0. The largest absolute Gasteiger partial charge is 2.00 e. The van der Waals surface area contributed by atoms with Crippen molar-refractivity contribution >= 4 is 10.8 Å². The van der Waals surface area contributed by atoms with Gasteiger partial charge in [0.1, 0.15) is 0 Å². The molecule has 5 rings (SSSR count). The quantitative estimate of drug-likeness (QED) is 0.243. The molecule has 118 valence electrons. The Morgan fingerprint density at radius 2 is 1.38 bits per heavy atom. The minimum absolute atomic E-state index is 0. The van der Waals surface area contributed by atoms with E-state index in [0.29, 0.717) is 0 Å². The van der Waals surface area contributed by atoms with Gasteiger partial charge in [-0.2, -0.15) is 30.3 Å². The molecule has 0 saturated carbocycles. The zero-order valence-electron chi connectivity index (χ0n) is 13.2. The summed E-state index contributed by atoms with van der Waals surface area (Å²) in [5.41, 5.74) is 2.82. The first-order chi connectivity index (χ1) is 11.4. The van der Waals surface area contributed by atoms with Crippen LogP contribution in [0, 0.1) is 0 Å². The Labute approximate surface area is 153 Å². The van der Waals surface area contributed by atoms with Crippen LogP contribution in [0.25, 0.3) is 10.8 Å². The van der Waals surface area contributed by atoms with Crippen molar-refractivity contribution in [2.75, 3.05) is 0 Å². The van der Waals surface area contributed by atoms with Gasteiger partial charge in [0.25, 0.3) is 0 Å². The molecule has 0 aromatic heterocycles. The number of rotatable bonds is 2. The molecule has 4 aromatic carbocycles. The standard InChI is InChI=1S/C18H13.C5H5.Fe/c1-4-10-16-14(6-1)7-5-11-17(16)18(12-13-18)15-8-2-3-9-15;1-2-4-5-3-1;/h1-13H;1-5H;/q2*-1;+2. The maximum absolute atomic E-state index is 2.30. The Morgan fingerprint density at radius 3 is 2.00 bits per heavy atom. The van der Waals surface area contributed by atoms with E-state index in [1.54, 1.807) is 0 Å². The van der Waals surface area contributed by atoms with Crippen LogP contribution >= 0.6 is 0 Å². The van der Waals surface area contributed by atoms with Gasteiger partial charge in [0.05, 0.1) is 0 Å². The molecule has 24 heavy (non-hydrogen) atoms. The van der Waals surface area contributed by atoms with Gasteiger partial charge in [-0.25, -0.2) is 24.3 Å². The fourth-order valence-corrected chi connectivity index (χ4v) is 3.17. The topological polar surface area (TPSA) is 0 Å². The van der Waals surface area contributed by atoms with Gasteiger partial charge in [0, 0.05) is 5.41 Å². The summed E-state index contributed by atoms with van der Waals surface area (Å²) in [6.07, 6.45) is 4.59. The van der Waals surface area contributed by atoms with E-state index < -0.39 is 0 Å². The Hall–Kier alpha value is -2.34. The van der Waals surface area contributed by atoms with Gasteiger partial charge >= 0.3 is 17.1 Å². The van der Waals surface area contributed by atoms with Gasteiger partial charge in [-0.15, -0.1) is 5.56 Å². The first kappa shape index (κ1) is 16.5. The Bertz CT molecular complexity index is 883. The molecular weight excluding hydrogens is 332 g/mol. The summed E-state index contributed by atoms with van der Waals surface area (Å²) in [5.74, 6) is 0. The van der Waals surface area contributed by atoms with Crippen LogP contribution in [0.3, 0.4) is 0 Å². The fourth-order valence-electron chi connectivity index (χ4n) is 3.17. The first-order valence-corrected chi connectivity index (χ1v) is 7.98. The van der Waals surface area contributed by atoms with Crippen molar-refractivity contribution in [3.63, 3.8) is 0 Å². The van der Waals surface area contributed by atoms with Crippen molar-refractivity contribution in [2.45, 2.75) is 5.41 Å². The third-order valence-corrected chi connectivity index (χ3v) is 4.43. The molecule has 1 heteroatoms. The molecule has 0 bridgehead atoms. The van der Waals surface area contributed by atoms with Crippen LogP contribution in [-0.4, -0.2) is 0 Å². The normalized spacial score (nSPS) is 13.7. The Kier molecular flexibility index (Phi) is 4.85. The molecule has 0 radical (unpaired) electrons. The summed E-state index contributed by atoms with van der Waals surface area (Å²) >= 11 is 0. The SMILES string of the molecule is C1=CC1(c1cccc2ccccc12)[c-]1cccc1.[Fe+2].c1cc[cH-]c1. The number of hydrogen-bond donors (Lipinski definition) is 0. The van der Waals surface area contributed by atoms with Gasteiger partial charge in [-0.05, 0) is 16.3 Å². The van der Waals surface area contributed by atoms with Crippen LogP contribution in [-0.2, 0) is 22.5 Å². The van der Waals surface area contributed by atoms with Gasteiger partial charge in [-0.1, -0.05) is 54.6 Å². The maximum atomic E-state index is 2.30. The number of allylic oxidation sites excluding steroid dienone is 2. The number of hydrogen-bond acceptors (Lipinski definition) is 0. The van der Waals surface area contributed by atoms with E-state index in [9.17, 15) is 0 Å². The van der Waals surface area contributed by atoms with Crippen LogP contribution < -0.4 is 0 Å². The van der Waals surface area contributed by atoms with Crippen LogP contribution in [0.5, 0.6) is 0 Å². The van der Waals surface area contributed by atoms with E-state index in [4.69, 9.17) is 0 Å². The zero-order chi connectivity index (χ0) is 15.5. The number of fused-ring (bicyclic) bond motifs is 1. The zero-order valence-corrected chi connectivity index (χ0v) is 14.4. The second-order valence-corrected chi connectivity index (χ2v) is 5.86. The van der Waals surface area contributed by atoms with E-state index >= 15 is 0 Å². The summed E-state index contributed by atoms with van der Waals surface area (Å²) in [5, 5.41) is 2.67. The molecule has 1 aliphatic carbocycles. The molecule has 0 saturated heterocycles. The van der Waals surface area contributed by atoms with Crippen molar-refractivity contribution in [1.29, 1.82) is 0 Å². The molecular formula is C23H18Fe. The van der Waals surface area contributed by atoms with Crippen molar-refractivity contribution in [3.05, 3.63) is 120 Å². The molecule has 0 atom stereocenters. The Morgan fingerprint density at radius 1 is 0.708 bits per heavy atom. The van der Waals surface area contributed by atoms with Crippen molar-refractivity contribution < 1.29 is 17.1 Å². The van der Waals surface area contributed by atoms with E-state index in [2.05, 4.69) is 78.9 Å². The fraction of sp³-hybridized carbons (Fsp3) is 0.0435. The van der Waals surface area contributed by atoms with Gasteiger partial charge in [0.2, 0.25) is 0 Å². The third kappa shape index (κ3) is 3.01. The van der Waals surface area contributed by atoms with E-state index in [0.717, 1.165) is 0 Å². The number of benzene rings is 2. The second-order valence-electron chi connectivity index (χ2n) is 5.86. The second kappa shape index (κ2) is 7.05. The molecule has 0 unspecified atom stereocenters. The van der Waals surface area contributed by atoms with E-state index in [-0.39, 0.29) is 22.5 Å². The average molecular weight is 350 g/mol. The summed E-state index contributed by atoms with van der Waals surface area (Å²) < 4.78 is 0. The molecule has 0 spiro atoms. The predicted octanol–water partition coefficient (Wildman–Crippen LogP) is 5.82. The summed E-state index contributed by atoms with van der Waals surface area (Å²) in [7, 11) is 0.